The number of hydrogen-bond donors (Lipinski definition) is 2. The fourth-order valence-electron chi connectivity index (χ4n) is 2.98. The number of amides is 1. The SMILES string of the molecule is CCCS(=O)(=O)[AsH]C(Cc1ccc(F)cc1)C(=O)NCc1cnc2[nH]ccc2c1. The Kier molecular flexibility index (Phi) is 7.08. The van der Waals surface area contributed by atoms with Crippen LogP contribution in [0.25, 0.3) is 11.0 Å². The summed E-state index contributed by atoms with van der Waals surface area (Å²) in [6.07, 6.45) is 4.28. The van der Waals surface area contributed by atoms with E-state index in [2.05, 4.69) is 15.3 Å². The number of nitrogens with one attached hydrogen (secondary N) is 2. The van der Waals surface area contributed by atoms with Gasteiger partial charge in [0, 0.05) is 0 Å². The molecule has 0 bridgehead atoms. The fourth-order valence-corrected chi connectivity index (χ4v) is 10.9. The second-order valence-electron chi connectivity index (χ2n) is 6.80. The summed E-state index contributed by atoms with van der Waals surface area (Å²) >= 11 is -1.59. The molecule has 29 heavy (non-hydrogen) atoms. The summed E-state index contributed by atoms with van der Waals surface area (Å²) in [5.74, 6) is -0.561. The van der Waals surface area contributed by atoms with Crippen LogP contribution in [0.4, 0.5) is 4.39 Å². The van der Waals surface area contributed by atoms with Crippen molar-refractivity contribution in [1.82, 2.24) is 15.3 Å². The van der Waals surface area contributed by atoms with Gasteiger partial charge in [-0.3, -0.25) is 0 Å². The number of H-pyrrole nitrogens is 1. The molecule has 1 amide bonds. The quantitative estimate of drug-likeness (QED) is 0.462. The number of carbonyl (C=O) groups excluding carboxylic acids is 1. The summed E-state index contributed by atoms with van der Waals surface area (Å²) < 4.78 is 37.3. The molecule has 2 atom stereocenters. The molecule has 3 rings (SSSR count). The number of fused-ring (bicyclic) bond motifs is 1. The molecular formula is C20H23AsFN3O3S. The van der Waals surface area contributed by atoms with Crippen molar-refractivity contribution in [3.8, 4) is 0 Å². The van der Waals surface area contributed by atoms with E-state index >= 15 is 0 Å². The van der Waals surface area contributed by atoms with Crippen LogP contribution in [0.3, 0.4) is 0 Å². The molecule has 0 aliphatic rings. The Bertz CT molecular complexity index is 1080. The fraction of sp³-hybridized carbons (Fsp3) is 0.300. The third kappa shape index (κ3) is 6.15. The van der Waals surface area contributed by atoms with Crippen LogP contribution < -0.4 is 5.32 Å². The average molecular weight is 479 g/mol. The predicted octanol–water partition coefficient (Wildman–Crippen LogP) is 2.53. The van der Waals surface area contributed by atoms with Crippen LogP contribution in [0, 0.1) is 5.82 Å². The van der Waals surface area contributed by atoms with Gasteiger partial charge >= 0.3 is 175 Å². The molecule has 0 saturated heterocycles. The zero-order valence-corrected chi connectivity index (χ0v) is 18.9. The number of hydrogen-bond acceptors (Lipinski definition) is 4. The molecule has 6 nitrogen and oxygen atoms in total. The number of rotatable bonds is 9. The molecule has 0 saturated carbocycles. The van der Waals surface area contributed by atoms with Gasteiger partial charge in [-0.15, -0.1) is 0 Å². The maximum atomic E-state index is 13.2. The molecule has 2 unspecified atom stereocenters. The first-order chi connectivity index (χ1) is 13.9. The number of nitrogens with zero attached hydrogens (tertiary/aromatic N) is 1. The van der Waals surface area contributed by atoms with Crippen LogP contribution in [0.15, 0.2) is 48.8 Å². The first-order valence-corrected chi connectivity index (χ1v) is 14.7. The monoisotopic (exact) mass is 479 g/mol. The molecule has 0 radical (unpaired) electrons. The molecule has 1 aromatic carbocycles. The van der Waals surface area contributed by atoms with E-state index < -0.39 is 27.4 Å². The van der Waals surface area contributed by atoms with Crippen LogP contribution >= 0.6 is 0 Å². The van der Waals surface area contributed by atoms with E-state index in [1.54, 1.807) is 24.5 Å². The van der Waals surface area contributed by atoms with Crippen molar-refractivity contribution in [2.75, 3.05) is 5.75 Å². The summed E-state index contributed by atoms with van der Waals surface area (Å²) in [4.78, 5) is 20.1. The summed E-state index contributed by atoms with van der Waals surface area (Å²) in [6, 6.07) is 9.66. The van der Waals surface area contributed by atoms with Crippen LogP contribution in [0.2, 0.25) is 4.71 Å². The number of pyridine rings is 1. The standard InChI is InChI=1S/C20H23AsFN3O3S/c1-2-9-29(27,28)21-18(11-14-3-5-17(22)6-4-14)20(26)25-13-15-10-16-7-8-23-19(16)24-12-15/h3-8,10,12,18,21H,2,9,11,13H2,1H3,(H,23,24)(H,25,26). The van der Waals surface area contributed by atoms with Gasteiger partial charge in [-0.1, -0.05) is 0 Å². The van der Waals surface area contributed by atoms with Crippen molar-refractivity contribution in [2.45, 2.75) is 31.0 Å². The topological polar surface area (TPSA) is 91.9 Å². The van der Waals surface area contributed by atoms with Gasteiger partial charge in [0.2, 0.25) is 0 Å². The number of carbonyl (C=O) groups is 1. The van der Waals surface area contributed by atoms with Gasteiger partial charge < -0.3 is 0 Å². The Morgan fingerprint density at radius 1 is 1.24 bits per heavy atom. The molecular weight excluding hydrogens is 456 g/mol. The first-order valence-electron chi connectivity index (χ1n) is 9.30. The van der Waals surface area contributed by atoms with Gasteiger partial charge in [-0.05, 0) is 0 Å². The predicted molar refractivity (Wildman–Crippen MR) is 113 cm³/mol. The molecule has 154 valence electrons. The zero-order chi connectivity index (χ0) is 20.9. The molecule has 3 aromatic rings. The molecule has 2 N–H and O–H groups in total. The second kappa shape index (κ2) is 9.54. The van der Waals surface area contributed by atoms with Crippen molar-refractivity contribution >= 4 is 39.6 Å². The molecule has 0 spiro atoms. The van der Waals surface area contributed by atoms with Gasteiger partial charge in [-0.25, -0.2) is 0 Å². The molecule has 2 aromatic heterocycles. The Morgan fingerprint density at radius 3 is 2.72 bits per heavy atom. The maximum absolute atomic E-state index is 13.2. The summed E-state index contributed by atoms with van der Waals surface area (Å²) in [7, 11) is -3.23. The van der Waals surface area contributed by atoms with E-state index in [0.29, 0.717) is 6.42 Å². The van der Waals surface area contributed by atoms with Gasteiger partial charge in [0.1, 0.15) is 0 Å². The van der Waals surface area contributed by atoms with E-state index in [1.165, 1.54) is 12.1 Å². The minimum atomic E-state index is -3.23. The molecule has 0 aliphatic carbocycles. The van der Waals surface area contributed by atoms with Crippen molar-refractivity contribution in [1.29, 1.82) is 0 Å². The van der Waals surface area contributed by atoms with Gasteiger partial charge in [0.05, 0.1) is 0 Å². The first kappa shape index (κ1) is 21.5. The number of aromatic nitrogens is 2. The number of halogens is 1. The van der Waals surface area contributed by atoms with E-state index in [-0.39, 0.29) is 30.4 Å². The van der Waals surface area contributed by atoms with E-state index in [4.69, 9.17) is 0 Å². The second-order valence-corrected chi connectivity index (χ2v) is 15.5. The summed E-state index contributed by atoms with van der Waals surface area (Å²) in [5.41, 5.74) is 2.35. The summed E-state index contributed by atoms with van der Waals surface area (Å²) in [6.45, 7) is 2.08. The van der Waals surface area contributed by atoms with Gasteiger partial charge in [0.15, 0.2) is 0 Å². The van der Waals surface area contributed by atoms with Crippen molar-refractivity contribution in [2.24, 2.45) is 0 Å². The zero-order valence-electron chi connectivity index (χ0n) is 16.0. The van der Waals surface area contributed by atoms with Crippen LogP contribution in [0.5, 0.6) is 0 Å². The molecule has 0 fully saturated rings. The van der Waals surface area contributed by atoms with Gasteiger partial charge in [-0.2, -0.15) is 0 Å². The third-order valence-electron chi connectivity index (χ3n) is 4.39. The number of benzene rings is 1. The minimum absolute atomic E-state index is 0.0915. The Morgan fingerprint density at radius 2 is 2.00 bits per heavy atom. The van der Waals surface area contributed by atoms with Crippen LogP contribution in [0.1, 0.15) is 24.5 Å². The van der Waals surface area contributed by atoms with Crippen LogP contribution in [-0.4, -0.2) is 44.6 Å². The molecule has 0 aliphatic heterocycles. The normalized spacial score (nSPS) is 13.2. The Balaban J connectivity index is 1.72. The molecule has 2 heterocycles. The van der Waals surface area contributed by atoms with Crippen molar-refractivity contribution in [3.05, 3.63) is 65.7 Å². The van der Waals surface area contributed by atoms with E-state index in [1.807, 2.05) is 19.1 Å². The van der Waals surface area contributed by atoms with Crippen LogP contribution in [-0.2, 0) is 25.9 Å². The average Bonchev–Trinajstić information content (AvgIpc) is 3.15. The Hall–Kier alpha value is -2.18. The third-order valence-corrected chi connectivity index (χ3v) is 12.3. The van der Waals surface area contributed by atoms with Gasteiger partial charge in [0.25, 0.3) is 0 Å². The Labute approximate surface area is 174 Å². The summed E-state index contributed by atoms with van der Waals surface area (Å²) in [5, 5.41) is 3.80. The molecule has 9 heteroatoms. The van der Waals surface area contributed by atoms with E-state index in [9.17, 15) is 17.6 Å². The van der Waals surface area contributed by atoms with E-state index in [0.717, 1.165) is 22.2 Å². The van der Waals surface area contributed by atoms with Crippen molar-refractivity contribution < 1.29 is 17.6 Å². The van der Waals surface area contributed by atoms with Crippen molar-refractivity contribution in [3.63, 3.8) is 0 Å². The number of aromatic amines is 1.